The maximum absolute atomic E-state index is 3.48. The fourth-order valence-corrected chi connectivity index (χ4v) is 2.69. The van der Waals surface area contributed by atoms with Crippen LogP contribution in [-0.4, -0.2) is 5.33 Å². The zero-order chi connectivity index (χ0) is 12.6. The molecule has 0 amide bonds. The van der Waals surface area contributed by atoms with E-state index in [2.05, 4.69) is 22.9 Å². The fraction of sp³-hybridized carbons (Fsp3) is 1.00. The van der Waals surface area contributed by atoms with E-state index in [1.807, 2.05) is 0 Å². The van der Waals surface area contributed by atoms with Crippen molar-refractivity contribution in [1.82, 2.24) is 0 Å². The minimum absolute atomic E-state index is 0. The number of halogens is 1. The molecule has 112 valence electrons. The van der Waals surface area contributed by atoms with Crippen LogP contribution < -0.4 is 0 Å². The van der Waals surface area contributed by atoms with Crippen molar-refractivity contribution in [1.29, 1.82) is 0 Å². The Labute approximate surface area is 128 Å². The third-order valence-corrected chi connectivity index (χ3v) is 4.05. The summed E-state index contributed by atoms with van der Waals surface area (Å²) in [6, 6.07) is 0. The number of hydrogen-bond acceptors (Lipinski definition) is 0. The summed E-state index contributed by atoms with van der Waals surface area (Å²) in [6.07, 6.45) is 20.3. The first-order valence-electron chi connectivity index (χ1n) is 7.97. The first-order valence-corrected chi connectivity index (χ1v) is 9.10. The Bertz CT molecular complexity index is 114. The summed E-state index contributed by atoms with van der Waals surface area (Å²) in [6.45, 7) is 2.29. The normalized spacial score (nSPS) is 10.3. The Morgan fingerprint density at radius 2 is 0.778 bits per heavy atom. The van der Waals surface area contributed by atoms with Gasteiger partial charge in [0.05, 0.1) is 0 Å². The van der Waals surface area contributed by atoms with Crippen LogP contribution in [-0.2, 0) is 0 Å². The van der Waals surface area contributed by atoms with Gasteiger partial charge in [0, 0.05) is 5.33 Å². The standard InChI is InChI=1S/C16H33Br.H3P/c1-2-3-4-5-6-7-8-9-10-11-12-13-14-15-16-17;/h2-16H2,1H3;1H3. The van der Waals surface area contributed by atoms with E-state index < -0.39 is 0 Å². The Balaban J connectivity index is 0. The quantitative estimate of drug-likeness (QED) is 0.183. The summed E-state index contributed by atoms with van der Waals surface area (Å²) in [5.41, 5.74) is 0. The maximum Gasteiger partial charge on any atom is 0.00313 e. The van der Waals surface area contributed by atoms with E-state index in [1.54, 1.807) is 0 Å². The van der Waals surface area contributed by atoms with Crippen molar-refractivity contribution in [3.63, 3.8) is 0 Å². The molecule has 0 spiro atoms. The molecule has 0 aromatic heterocycles. The summed E-state index contributed by atoms with van der Waals surface area (Å²) in [5, 5.41) is 1.19. The van der Waals surface area contributed by atoms with E-state index in [0.717, 1.165) is 0 Å². The van der Waals surface area contributed by atoms with Gasteiger partial charge in [0.2, 0.25) is 0 Å². The molecule has 18 heavy (non-hydrogen) atoms. The lowest BCUT2D eigenvalue weighted by molar-refractivity contribution is 0.538. The van der Waals surface area contributed by atoms with E-state index in [-0.39, 0.29) is 9.90 Å². The first-order chi connectivity index (χ1) is 8.41. The Hall–Kier alpha value is 0.910. The summed E-state index contributed by atoms with van der Waals surface area (Å²) in [7, 11) is 0. The summed E-state index contributed by atoms with van der Waals surface area (Å²) in [4.78, 5) is 0. The number of unbranched alkanes of at least 4 members (excludes halogenated alkanes) is 13. The van der Waals surface area contributed by atoms with Crippen molar-refractivity contribution in [3.8, 4) is 0 Å². The third kappa shape index (κ3) is 19.3. The average Bonchev–Trinajstić information content (AvgIpc) is 2.35. The van der Waals surface area contributed by atoms with Gasteiger partial charge >= 0.3 is 0 Å². The highest BCUT2D eigenvalue weighted by Crippen LogP contribution is 2.12. The van der Waals surface area contributed by atoms with Gasteiger partial charge in [-0.05, 0) is 6.42 Å². The van der Waals surface area contributed by atoms with Crippen LogP contribution in [0.25, 0.3) is 0 Å². The van der Waals surface area contributed by atoms with Crippen LogP contribution >= 0.6 is 25.8 Å². The lowest BCUT2D eigenvalue weighted by atomic mass is 10.0. The van der Waals surface area contributed by atoms with Gasteiger partial charge in [0.1, 0.15) is 0 Å². The SMILES string of the molecule is CCCCCCCCCCCCCCCCBr.P. The van der Waals surface area contributed by atoms with Gasteiger partial charge in [0.25, 0.3) is 0 Å². The largest absolute Gasteiger partial charge is 0.153 e. The average molecular weight is 339 g/mol. The van der Waals surface area contributed by atoms with Crippen LogP contribution in [0, 0.1) is 0 Å². The smallest absolute Gasteiger partial charge is 0.00313 e. The maximum atomic E-state index is 3.48. The molecule has 0 radical (unpaired) electrons. The molecule has 0 saturated heterocycles. The van der Waals surface area contributed by atoms with Crippen LogP contribution in [0.2, 0.25) is 0 Å². The second-order valence-electron chi connectivity index (χ2n) is 5.29. The van der Waals surface area contributed by atoms with Crippen molar-refractivity contribution in [3.05, 3.63) is 0 Å². The minimum atomic E-state index is 0. The summed E-state index contributed by atoms with van der Waals surface area (Å²) in [5.74, 6) is 0. The second kappa shape index (κ2) is 20.2. The van der Waals surface area contributed by atoms with Crippen molar-refractivity contribution in [2.24, 2.45) is 0 Å². The van der Waals surface area contributed by atoms with Crippen LogP contribution in [0.5, 0.6) is 0 Å². The van der Waals surface area contributed by atoms with Crippen molar-refractivity contribution < 1.29 is 0 Å². The zero-order valence-electron chi connectivity index (χ0n) is 12.7. The van der Waals surface area contributed by atoms with Gasteiger partial charge < -0.3 is 0 Å². The Kier molecular flexibility index (Phi) is 23.8. The van der Waals surface area contributed by atoms with Gasteiger partial charge in [-0.1, -0.05) is 106 Å². The summed E-state index contributed by atoms with van der Waals surface area (Å²) >= 11 is 3.48. The molecule has 1 unspecified atom stereocenters. The predicted octanol–water partition coefficient (Wildman–Crippen LogP) is 6.92. The van der Waals surface area contributed by atoms with Crippen LogP contribution in [0.3, 0.4) is 0 Å². The van der Waals surface area contributed by atoms with Gasteiger partial charge in [0.15, 0.2) is 0 Å². The molecule has 0 aromatic rings. The molecule has 0 fully saturated rings. The number of rotatable bonds is 14. The second-order valence-corrected chi connectivity index (χ2v) is 6.08. The van der Waals surface area contributed by atoms with E-state index in [4.69, 9.17) is 0 Å². The van der Waals surface area contributed by atoms with Crippen molar-refractivity contribution in [2.45, 2.75) is 96.8 Å². The molecule has 0 aliphatic rings. The molecule has 0 saturated carbocycles. The number of alkyl halides is 1. The lowest BCUT2D eigenvalue weighted by Gasteiger charge is -2.02. The van der Waals surface area contributed by atoms with E-state index in [0.29, 0.717) is 0 Å². The van der Waals surface area contributed by atoms with E-state index >= 15 is 0 Å². The number of hydrogen-bond donors (Lipinski definition) is 0. The van der Waals surface area contributed by atoms with E-state index in [9.17, 15) is 0 Å². The molecule has 0 aromatic carbocycles. The highest BCUT2D eigenvalue weighted by Gasteiger charge is 1.93. The fourth-order valence-electron chi connectivity index (χ4n) is 2.29. The molecule has 0 aliphatic heterocycles. The molecular formula is C16H36BrP. The Morgan fingerprint density at radius 3 is 1.06 bits per heavy atom. The molecule has 0 bridgehead atoms. The molecule has 2 heteroatoms. The first kappa shape index (κ1) is 21.2. The van der Waals surface area contributed by atoms with Crippen LogP contribution in [0.4, 0.5) is 0 Å². The van der Waals surface area contributed by atoms with Gasteiger partial charge in [-0.15, -0.1) is 0 Å². The third-order valence-electron chi connectivity index (χ3n) is 3.49. The highest BCUT2D eigenvalue weighted by atomic mass is 79.9. The topological polar surface area (TPSA) is 0 Å². The van der Waals surface area contributed by atoms with Crippen molar-refractivity contribution in [2.75, 3.05) is 5.33 Å². The van der Waals surface area contributed by atoms with Crippen LogP contribution in [0.15, 0.2) is 0 Å². The molecule has 0 heterocycles. The van der Waals surface area contributed by atoms with Gasteiger partial charge in [-0.25, -0.2) is 0 Å². The molecule has 0 aliphatic carbocycles. The lowest BCUT2D eigenvalue weighted by Crippen LogP contribution is -1.83. The molecule has 0 nitrogen and oxygen atoms in total. The van der Waals surface area contributed by atoms with Gasteiger partial charge in [-0.2, -0.15) is 9.90 Å². The van der Waals surface area contributed by atoms with Crippen molar-refractivity contribution >= 4 is 25.8 Å². The zero-order valence-corrected chi connectivity index (χ0v) is 15.7. The molecule has 0 rings (SSSR count). The van der Waals surface area contributed by atoms with Crippen LogP contribution in [0.1, 0.15) is 96.8 Å². The van der Waals surface area contributed by atoms with Gasteiger partial charge in [-0.3, -0.25) is 0 Å². The molecule has 0 N–H and O–H groups in total. The Morgan fingerprint density at radius 1 is 0.500 bits per heavy atom. The van der Waals surface area contributed by atoms with E-state index in [1.165, 1.54) is 95.2 Å². The summed E-state index contributed by atoms with van der Waals surface area (Å²) < 4.78 is 0. The highest BCUT2D eigenvalue weighted by molar-refractivity contribution is 9.09. The predicted molar refractivity (Wildman–Crippen MR) is 95.2 cm³/mol. The minimum Gasteiger partial charge on any atom is -0.153 e. The molecule has 1 atom stereocenters. The molecular weight excluding hydrogens is 303 g/mol. The monoisotopic (exact) mass is 338 g/mol.